The maximum absolute atomic E-state index is 11.8. The van der Waals surface area contributed by atoms with Crippen LogP contribution in [0.15, 0.2) is 24.3 Å². The second-order valence-electron chi connectivity index (χ2n) is 5.12. The third kappa shape index (κ3) is 4.63. The van der Waals surface area contributed by atoms with Crippen LogP contribution in [-0.2, 0) is 6.54 Å². The lowest BCUT2D eigenvalue weighted by molar-refractivity contribution is -0.384. The number of hydrogen-bond donors (Lipinski definition) is 2. The van der Waals surface area contributed by atoms with Crippen molar-refractivity contribution in [2.24, 2.45) is 0 Å². The monoisotopic (exact) mass is 309 g/mol. The van der Waals surface area contributed by atoms with E-state index in [0.717, 1.165) is 19.3 Å². The van der Waals surface area contributed by atoms with Gasteiger partial charge in [-0.2, -0.15) is 11.8 Å². The third-order valence-corrected chi connectivity index (χ3v) is 4.72. The van der Waals surface area contributed by atoms with Gasteiger partial charge in [0.2, 0.25) is 0 Å². The molecule has 114 valence electrons. The van der Waals surface area contributed by atoms with Gasteiger partial charge < -0.3 is 10.6 Å². The fourth-order valence-electron chi connectivity index (χ4n) is 2.48. The first-order valence-corrected chi connectivity index (χ1v) is 8.17. The fraction of sp³-hybridized carbons (Fsp3) is 0.500. The van der Waals surface area contributed by atoms with Crippen molar-refractivity contribution < 1.29 is 9.72 Å². The van der Waals surface area contributed by atoms with Crippen LogP contribution in [0.5, 0.6) is 0 Å². The number of carbonyl (C=O) groups is 1. The summed E-state index contributed by atoms with van der Waals surface area (Å²) in [6.45, 7) is 0.284. The summed E-state index contributed by atoms with van der Waals surface area (Å²) in [6, 6.07) is 6.30. The molecule has 21 heavy (non-hydrogen) atoms. The summed E-state index contributed by atoms with van der Waals surface area (Å²) in [6.07, 6.45) is 5.24. The molecule has 0 unspecified atom stereocenters. The molecule has 6 nitrogen and oxygen atoms in total. The van der Waals surface area contributed by atoms with Gasteiger partial charge in [0.25, 0.3) is 5.69 Å². The van der Waals surface area contributed by atoms with Crippen molar-refractivity contribution in [2.75, 3.05) is 6.26 Å². The molecule has 1 aliphatic carbocycles. The molecule has 0 saturated heterocycles. The molecule has 0 aromatic heterocycles. The highest BCUT2D eigenvalue weighted by molar-refractivity contribution is 7.99. The number of amides is 2. The summed E-state index contributed by atoms with van der Waals surface area (Å²) in [5.41, 5.74) is 0.751. The molecule has 0 bridgehead atoms. The Labute approximate surface area is 127 Å². The number of nitrogens with one attached hydrogen (secondary N) is 2. The van der Waals surface area contributed by atoms with Crippen molar-refractivity contribution in [1.82, 2.24) is 10.6 Å². The van der Waals surface area contributed by atoms with Crippen molar-refractivity contribution >= 4 is 23.5 Å². The number of non-ortho nitro benzene ring substituents is 1. The van der Waals surface area contributed by atoms with Gasteiger partial charge in [0, 0.05) is 30.0 Å². The molecular formula is C14H19N3O3S. The number of carbonyl (C=O) groups excluding carboxylic acids is 1. The minimum absolute atomic E-state index is 0.0355. The summed E-state index contributed by atoms with van der Waals surface area (Å²) >= 11 is 1.84. The van der Waals surface area contributed by atoms with Gasteiger partial charge in [-0.3, -0.25) is 10.1 Å². The number of nitro groups is 1. The zero-order chi connectivity index (χ0) is 15.2. The Hall–Kier alpha value is -1.76. The number of hydrogen-bond acceptors (Lipinski definition) is 4. The van der Waals surface area contributed by atoms with Crippen molar-refractivity contribution in [3.05, 3.63) is 39.9 Å². The molecule has 0 radical (unpaired) electrons. The fourth-order valence-corrected chi connectivity index (χ4v) is 3.28. The van der Waals surface area contributed by atoms with Crippen LogP contribution in [0.1, 0.15) is 24.8 Å². The number of urea groups is 1. The lowest BCUT2D eigenvalue weighted by Gasteiger charge is -2.13. The highest BCUT2D eigenvalue weighted by Crippen LogP contribution is 2.27. The first-order chi connectivity index (χ1) is 10.1. The predicted molar refractivity (Wildman–Crippen MR) is 83.4 cm³/mol. The van der Waals surface area contributed by atoms with Crippen LogP contribution in [0.2, 0.25) is 0 Å². The Kier molecular flexibility index (Phi) is 5.44. The van der Waals surface area contributed by atoms with Crippen LogP contribution in [0.3, 0.4) is 0 Å². The lowest BCUT2D eigenvalue weighted by atomic mass is 10.2. The molecular weight excluding hydrogens is 290 g/mol. The number of nitro benzene ring substituents is 1. The number of thioether (sulfide) groups is 1. The molecule has 2 atom stereocenters. The van der Waals surface area contributed by atoms with Gasteiger partial charge in [0.15, 0.2) is 0 Å². The molecule has 2 amide bonds. The summed E-state index contributed by atoms with van der Waals surface area (Å²) in [4.78, 5) is 22.1. The number of rotatable bonds is 5. The van der Waals surface area contributed by atoms with Crippen molar-refractivity contribution in [3.8, 4) is 0 Å². The van der Waals surface area contributed by atoms with Gasteiger partial charge in [0.1, 0.15) is 0 Å². The highest BCUT2D eigenvalue weighted by Gasteiger charge is 2.24. The number of nitrogens with zero attached hydrogens (tertiary/aromatic N) is 1. The maximum Gasteiger partial charge on any atom is 0.315 e. The van der Waals surface area contributed by atoms with Crippen LogP contribution in [0, 0.1) is 10.1 Å². The largest absolute Gasteiger partial charge is 0.335 e. The van der Waals surface area contributed by atoms with E-state index < -0.39 is 4.92 Å². The first kappa shape index (κ1) is 15.6. The Bertz CT molecular complexity index is 524. The van der Waals surface area contributed by atoms with Gasteiger partial charge in [-0.1, -0.05) is 12.1 Å². The summed E-state index contributed by atoms with van der Waals surface area (Å²) < 4.78 is 0. The van der Waals surface area contributed by atoms with Gasteiger partial charge in [-0.25, -0.2) is 4.79 Å². The molecule has 7 heteroatoms. The van der Waals surface area contributed by atoms with E-state index in [1.165, 1.54) is 12.1 Å². The quantitative estimate of drug-likeness (QED) is 0.647. The van der Waals surface area contributed by atoms with Crippen LogP contribution in [0.25, 0.3) is 0 Å². The van der Waals surface area contributed by atoms with E-state index in [1.54, 1.807) is 12.1 Å². The standard InChI is InChI=1S/C14H19N3O3S/c1-21-13-6-5-11(8-13)16-14(18)15-9-10-3-2-4-12(7-10)17(19)20/h2-4,7,11,13H,5-6,8-9H2,1H3,(H2,15,16,18)/t11-,13+/m0/s1. The van der Waals surface area contributed by atoms with Crippen molar-refractivity contribution in [3.63, 3.8) is 0 Å². The average molecular weight is 309 g/mol. The van der Waals surface area contributed by atoms with Crippen LogP contribution in [0.4, 0.5) is 10.5 Å². The molecule has 1 saturated carbocycles. The lowest BCUT2D eigenvalue weighted by Crippen LogP contribution is -2.40. The average Bonchev–Trinajstić information content (AvgIpc) is 2.93. The van der Waals surface area contributed by atoms with E-state index in [0.29, 0.717) is 10.8 Å². The Balaban J connectivity index is 1.79. The Morgan fingerprint density at radius 1 is 1.48 bits per heavy atom. The van der Waals surface area contributed by atoms with E-state index in [4.69, 9.17) is 0 Å². The molecule has 0 aliphatic heterocycles. The predicted octanol–water partition coefficient (Wildman–Crippen LogP) is 2.68. The molecule has 1 aliphatic rings. The van der Waals surface area contributed by atoms with E-state index in [1.807, 2.05) is 11.8 Å². The molecule has 0 heterocycles. The normalized spacial score (nSPS) is 21.0. The molecule has 2 N–H and O–H groups in total. The van der Waals surface area contributed by atoms with Crippen molar-refractivity contribution in [2.45, 2.75) is 37.1 Å². The first-order valence-electron chi connectivity index (χ1n) is 6.89. The molecule has 2 rings (SSSR count). The van der Waals surface area contributed by atoms with Gasteiger partial charge in [0.05, 0.1) is 4.92 Å². The number of benzene rings is 1. The minimum atomic E-state index is -0.440. The van der Waals surface area contributed by atoms with Crippen LogP contribution >= 0.6 is 11.8 Å². The topological polar surface area (TPSA) is 84.3 Å². The smallest absolute Gasteiger partial charge is 0.315 e. The Morgan fingerprint density at radius 2 is 2.29 bits per heavy atom. The summed E-state index contributed by atoms with van der Waals surface area (Å²) in [5.74, 6) is 0. The van der Waals surface area contributed by atoms with Gasteiger partial charge >= 0.3 is 6.03 Å². The van der Waals surface area contributed by atoms with E-state index in [2.05, 4.69) is 16.9 Å². The molecule has 1 aromatic rings. The molecule has 1 fully saturated rings. The Morgan fingerprint density at radius 3 is 2.95 bits per heavy atom. The van der Waals surface area contributed by atoms with E-state index in [-0.39, 0.29) is 24.3 Å². The van der Waals surface area contributed by atoms with E-state index >= 15 is 0 Å². The zero-order valence-corrected chi connectivity index (χ0v) is 12.7. The maximum atomic E-state index is 11.8. The summed E-state index contributed by atoms with van der Waals surface area (Å²) in [7, 11) is 0. The van der Waals surface area contributed by atoms with Crippen LogP contribution < -0.4 is 10.6 Å². The zero-order valence-electron chi connectivity index (χ0n) is 11.9. The second-order valence-corrected chi connectivity index (χ2v) is 6.26. The minimum Gasteiger partial charge on any atom is -0.335 e. The van der Waals surface area contributed by atoms with Gasteiger partial charge in [-0.05, 0) is 31.1 Å². The molecule has 0 spiro atoms. The summed E-state index contributed by atoms with van der Waals surface area (Å²) in [5, 5.41) is 17.0. The molecule has 1 aromatic carbocycles. The highest BCUT2D eigenvalue weighted by atomic mass is 32.2. The van der Waals surface area contributed by atoms with E-state index in [9.17, 15) is 14.9 Å². The van der Waals surface area contributed by atoms with Crippen LogP contribution in [-0.4, -0.2) is 28.5 Å². The second kappa shape index (κ2) is 7.31. The van der Waals surface area contributed by atoms with Gasteiger partial charge in [-0.15, -0.1) is 0 Å². The third-order valence-electron chi connectivity index (χ3n) is 3.63. The SMILES string of the molecule is CS[C@@H]1CC[C@H](NC(=O)NCc2cccc([N+](=O)[O-])c2)C1. The van der Waals surface area contributed by atoms with Crippen molar-refractivity contribution in [1.29, 1.82) is 0 Å².